The van der Waals surface area contributed by atoms with Gasteiger partial charge in [0.15, 0.2) is 5.82 Å². The van der Waals surface area contributed by atoms with Crippen molar-refractivity contribution in [3.63, 3.8) is 0 Å². The van der Waals surface area contributed by atoms with E-state index < -0.39 is 0 Å². The van der Waals surface area contributed by atoms with Crippen molar-refractivity contribution >= 4 is 87.4 Å². The fourth-order valence-electron chi connectivity index (χ4n) is 8.36. The molecule has 4 aromatic heterocycles. The van der Waals surface area contributed by atoms with E-state index in [1.54, 1.807) is 0 Å². The van der Waals surface area contributed by atoms with Crippen LogP contribution in [-0.2, 0) is 0 Å². The molecule has 4 heterocycles. The third-order valence-electron chi connectivity index (χ3n) is 10.8. The number of para-hydroxylation sites is 3. The normalized spacial score (nSPS) is 12.2. The van der Waals surface area contributed by atoms with Crippen molar-refractivity contribution in [2.75, 3.05) is 0 Å². The second-order valence-corrected chi connectivity index (χ2v) is 13.7. The molecule has 0 N–H and O–H groups in total. The summed E-state index contributed by atoms with van der Waals surface area (Å²) >= 11 is 0. The van der Waals surface area contributed by atoms with Crippen LogP contribution in [0.2, 0.25) is 0 Å². The van der Waals surface area contributed by atoms with Crippen LogP contribution in [0.5, 0.6) is 0 Å². The maximum absolute atomic E-state index is 6.61. The predicted octanol–water partition coefficient (Wildman–Crippen LogP) is 13.0. The van der Waals surface area contributed by atoms with Gasteiger partial charge in [-0.05, 0) is 71.4 Å². The van der Waals surface area contributed by atoms with Crippen molar-refractivity contribution in [1.29, 1.82) is 0 Å². The van der Waals surface area contributed by atoms with Gasteiger partial charge in [-0.25, -0.2) is 9.97 Å². The molecule has 0 unspecified atom stereocenters. The Morgan fingerprint density at radius 1 is 0.396 bits per heavy atom. The second-order valence-electron chi connectivity index (χ2n) is 13.7. The second kappa shape index (κ2) is 10.6. The third kappa shape index (κ3) is 4.13. The minimum Gasteiger partial charge on any atom is -0.456 e. The predicted molar refractivity (Wildman–Crippen MR) is 217 cm³/mol. The zero-order valence-electron chi connectivity index (χ0n) is 28.2. The number of rotatable bonds is 3. The molecule has 0 aliphatic carbocycles. The highest BCUT2D eigenvalue weighted by Gasteiger charge is 2.18. The molecule has 0 aliphatic rings. The van der Waals surface area contributed by atoms with Crippen LogP contribution >= 0.6 is 0 Å². The largest absolute Gasteiger partial charge is 0.456 e. The van der Waals surface area contributed by atoms with Crippen LogP contribution in [0.15, 0.2) is 173 Å². The van der Waals surface area contributed by atoms with Gasteiger partial charge < -0.3 is 13.4 Å². The lowest BCUT2D eigenvalue weighted by Gasteiger charge is -2.09. The summed E-state index contributed by atoms with van der Waals surface area (Å²) in [5.41, 5.74) is 10.4. The molecular weight excluding hydrogens is 651 g/mol. The number of furan rings is 2. The number of hydrogen-bond acceptors (Lipinski definition) is 4. The Kier molecular flexibility index (Phi) is 5.71. The summed E-state index contributed by atoms with van der Waals surface area (Å²) in [5.74, 6) is 0.641. The van der Waals surface area contributed by atoms with Crippen molar-refractivity contribution < 1.29 is 8.83 Å². The molecule has 12 rings (SSSR count). The zero-order chi connectivity index (χ0) is 34.6. The molecule has 0 saturated carbocycles. The minimum atomic E-state index is 0.641. The van der Waals surface area contributed by atoms with Crippen molar-refractivity contribution in [2.24, 2.45) is 0 Å². The molecule has 53 heavy (non-hydrogen) atoms. The molecule has 5 heteroatoms. The fraction of sp³-hybridized carbons (Fsp3) is 0. The average molecular weight is 678 g/mol. The van der Waals surface area contributed by atoms with Gasteiger partial charge in [0, 0.05) is 60.6 Å². The van der Waals surface area contributed by atoms with E-state index in [4.69, 9.17) is 18.8 Å². The van der Waals surface area contributed by atoms with Gasteiger partial charge in [0.1, 0.15) is 22.3 Å². The fourth-order valence-corrected chi connectivity index (χ4v) is 8.36. The van der Waals surface area contributed by atoms with Gasteiger partial charge in [-0.1, -0.05) is 97.1 Å². The summed E-state index contributed by atoms with van der Waals surface area (Å²) in [6.07, 6.45) is 0. The number of fused-ring (bicyclic) bond motifs is 12. The first-order valence-electron chi connectivity index (χ1n) is 17.8. The van der Waals surface area contributed by atoms with Crippen LogP contribution in [0.3, 0.4) is 0 Å². The first-order chi connectivity index (χ1) is 26.2. The van der Waals surface area contributed by atoms with Crippen LogP contribution in [-0.4, -0.2) is 14.5 Å². The van der Waals surface area contributed by atoms with Gasteiger partial charge in [0.2, 0.25) is 0 Å². The Morgan fingerprint density at radius 3 is 1.83 bits per heavy atom. The molecule has 0 saturated heterocycles. The summed E-state index contributed by atoms with van der Waals surface area (Å²) in [6.45, 7) is 0. The highest BCUT2D eigenvalue weighted by Crippen LogP contribution is 2.39. The molecule has 0 amide bonds. The molecule has 5 nitrogen and oxygen atoms in total. The summed E-state index contributed by atoms with van der Waals surface area (Å²) < 4.78 is 15.4. The summed E-state index contributed by atoms with van der Waals surface area (Å²) in [7, 11) is 0. The lowest BCUT2D eigenvalue weighted by atomic mass is 10.0. The minimum absolute atomic E-state index is 0.641. The number of hydrogen-bond donors (Lipinski definition) is 0. The molecule has 246 valence electrons. The zero-order valence-corrected chi connectivity index (χ0v) is 28.2. The van der Waals surface area contributed by atoms with Crippen molar-refractivity contribution in [2.45, 2.75) is 0 Å². The van der Waals surface area contributed by atoms with E-state index >= 15 is 0 Å². The van der Waals surface area contributed by atoms with Crippen LogP contribution in [0, 0.1) is 0 Å². The molecule has 0 fully saturated rings. The maximum Gasteiger partial charge on any atom is 0.160 e. The Hall–Kier alpha value is -7.24. The van der Waals surface area contributed by atoms with E-state index in [-0.39, 0.29) is 0 Å². The monoisotopic (exact) mass is 677 g/mol. The number of aromatic nitrogens is 3. The first kappa shape index (κ1) is 28.5. The molecule has 12 aromatic rings. The Labute approximate surface area is 302 Å². The lowest BCUT2D eigenvalue weighted by molar-refractivity contribution is 0.668. The van der Waals surface area contributed by atoms with E-state index in [1.165, 1.54) is 32.6 Å². The number of benzene rings is 8. The molecule has 0 bridgehead atoms. The quantitative estimate of drug-likeness (QED) is 0.187. The van der Waals surface area contributed by atoms with Gasteiger partial charge in [-0.2, -0.15) is 0 Å². The summed E-state index contributed by atoms with van der Waals surface area (Å²) in [6, 6.07) is 57.2. The van der Waals surface area contributed by atoms with Gasteiger partial charge in [-0.15, -0.1) is 0 Å². The Morgan fingerprint density at radius 2 is 1.00 bits per heavy atom. The maximum atomic E-state index is 6.61. The highest BCUT2D eigenvalue weighted by atomic mass is 16.3. The van der Waals surface area contributed by atoms with E-state index in [9.17, 15) is 0 Å². The third-order valence-corrected chi connectivity index (χ3v) is 10.8. The summed E-state index contributed by atoms with van der Waals surface area (Å²) in [4.78, 5) is 10.3. The van der Waals surface area contributed by atoms with Crippen LogP contribution in [0.25, 0.3) is 116 Å². The smallest absolute Gasteiger partial charge is 0.160 e. The Balaban J connectivity index is 0.996. The van der Waals surface area contributed by atoms with Gasteiger partial charge in [-0.3, -0.25) is 0 Å². The Bertz CT molecular complexity index is 3420. The van der Waals surface area contributed by atoms with E-state index in [0.717, 1.165) is 77.3 Å². The average Bonchev–Trinajstić information content (AvgIpc) is 3.89. The summed E-state index contributed by atoms with van der Waals surface area (Å²) in [5, 5.41) is 10.2. The van der Waals surface area contributed by atoms with Crippen molar-refractivity contribution in [1.82, 2.24) is 14.5 Å². The van der Waals surface area contributed by atoms with E-state index in [2.05, 4.69) is 150 Å². The molecular formula is C48H27N3O2. The molecule has 0 radical (unpaired) electrons. The van der Waals surface area contributed by atoms with Crippen molar-refractivity contribution in [3.8, 4) is 28.3 Å². The van der Waals surface area contributed by atoms with Crippen LogP contribution < -0.4 is 0 Å². The molecule has 0 spiro atoms. The lowest BCUT2D eigenvalue weighted by Crippen LogP contribution is -1.95. The topological polar surface area (TPSA) is 57.0 Å². The van der Waals surface area contributed by atoms with Crippen LogP contribution in [0.1, 0.15) is 0 Å². The first-order valence-corrected chi connectivity index (χ1v) is 17.8. The standard InChI is InChI=1S/C48H27N3O2/c1-2-10-32-28(9-1)19-24-42-46(32)38-22-17-29(25-44(38)52-42)47-37-13-3-6-14-39(37)49-48(50-47)30-18-21-35-36-23-20-31(27-45(36)53-43(35)26-30)51-40-15-7-4-11-33(40)34-12-5-8-16-41(34)51/h1-27H. The van der Waals surface area contributed by atoms with Crippen LogP contribution in [0.4, 0.5) is 0 Å². The molecule has 0 atom stereocenters. The molecule has 8 aromatic carbocycles. The highest BCUT2D eigenvalue weighted by molar-refractivity contribution is 6.19. The number of nitrogens with zero attached hydrogens (tertiary/aromatic N) is 3. The van der Waals surface area contributed by atoms with Gasteiger partial charge in [0.25, 0.3) is 0 Å². The SMILES string of the molecule is c1ccc2c(c1)ccc1oc3cc(-c4nc(-c5ccc6c(c5)oc5cc(-n7c8ccccc8c8ccccc87)ccc56)nc5ccccc45)ccc3c12. The molecule has 0 aliphatic heterocycles. The van der Waals surface area contributed by atoms with E-state index in [1.807, 2.05) is 18.2 Å². The van der Waals surface area contributed by atoms with E-state index in [0.29, 0.717) is 5.82 Å². The van der Waals surface area contributed by atoms with Crippen molar-refractivity contribution in [3.05, 3.63) is 164 Å². The van der Waals surface area contributed by atoms with Gasteiger partial charge in [0.05, 0.1) is 22.2 Å². The van der Waals surface area contributed by atoms with Gasteiger partial charge >= 0.3 is 0 Å².